The van der Waals surface area contributed by atoms with Crippen molar-refractivity contribution in [1.29, 1.82) is 0 Å². The maximum atomic E-state index is 4.12. The second-order valence-corrected chi connectivity index (χ2v) is 3.87. The van der Waals surface area contributed by atoms with Crippen molar-refractivity contribution in [3.05, 3.63) is 11.9 Å². The maximum Gasteiger partial charge on any atom is 0.0880 e. The lowest BCUT2D eigenvalue weighted by Crippen LogP contribution is -2.26. The van der Waals surface area contributed by atoms with Gasteiger partial charge in [-0.3, -0.25) is 0 Å². The summed E-state index contributed by atoms with van der Waals surface area (Å²) in [5.41, 5.74) is 1.46. The van der Waals surface area contributed by atoms with Crippen molar-refractivity contribution in [2.24, 2.45) is 0 Å². The fourth-order valence-corrected chi connectivity index (χ4v) is 1.36. The van der Waals surface area contributed by atoms with Crippen molar-refractivity contribution in [1.82, 2.24) is 14.1 Å². The summed E-state index contributed by atoms with van der Waals surface area (Å²) in [5.74, 6) is 0. The van der Waals surface area contributed by atoms with Crippen molar-refractivity contribution in [2.45, 2.75) is 31.8 Å². The average Bonchev–Trinajstić information content (AvgIpc) is 2.53. The Morgan fingerprint density at radius 2 is 2.55 bits per heavy atom. The number of rotatable bonds is 3. The number of nitrogens with zero attached hydrogens (tertiary/aromatic N) is 2. The van der Waals surface area contributed by atoms with Crippen LogP contribution in [0.25, 0.3) is 0 Å². The third-order valence-corrected chi connectivity index (χ3v) is 2.62. The van der Waals surface area contributed by atoms with E-state index in [1.807, 2.05) is 6.20 Å². The smallest absolute Gasteiger partial charge is 0.0880 e. The Labute approximate surface area is 70.2 Å². The van der Waals surface area contributed by atoms with Gasteiger partial charge in [-0.25, -0.2) is 0 Å². The van der Waals surface area contributed by atoms with E-state index in [0.717, 1.165) is 12.2 Å². The van der Waals surface area contributed by atoms with Gasteiger partial charge in [-0.05, 0) is 19.8 Å². The van der Waals surface area contributed by atoms with E-state index >= 15 is 0 Å². The quantitative estimate of drug-likeness (QED) is 0.738. The zero-order valence-corrected chi connectivity index (χ0v) is 7.32. The molecule has 1 N–H and O–H groups in total. The molecule has 1 aliphatic rings. The van der Waals surface area contributed by atoms with Gasteiger partial charge in [-0.2, -0.15) is 8.75 Å². The highest BCUT2D eigenvalue weighted by atomic mass is 32.1. The van der Waals surface area contributed by atoms with E-state index in [9.17, 15) is 0 Å². The first kappa shape index (κ1) is 7.18. The fraction of sp³-hybridized carbons (Fsp3) is 0.714. The summed E-state index contributed by atoms with van der Waals surface area (Å²) in [6.07, 6.45) is 4.42. The summed E-state index contributed by atoms with van der Waals surface area (Å²) in [7, 11) is 0. The van der Waals surface area contributed by atoms with Gasteiger partial charge in [-0.15, -0.1) is 0 Å². The molecule has 0 unspecified atom stereocenters. The van der Waals surface area contributed by atoms with Crippen LogP contribution in [-0.2, 0) is 6.54 Å². The van der Waals surface area contributed by atoms with E-state index in [0.29, 0.717) is 5.54 Å². The topological polar surface area (TPSA) is 37.8 Å². The molecule has 1 saturated carbocycles. The van der Waals surface area contributed by atoms with E-state index in [1.165, 1.54) is 24.6 Å². The summed E-state index contributed by atoms with van der Waals surface area (Å²) in [6, 6.07) is 0. The maximum absolute atomic E-state index is 4.12. The lowest BCUT2D eigenvalue weighted by molar-refractivity contribution is 0.533. The van der Waals surface area contributed by atoms with Crippen LogP contribution in [0, 0.1) is 0 Å². The number of aromatic nitrogens is 2. The Balaban J connectivity index is 1.83. The van der Waals surface area contributed by atoms with Gasteiger partial charge in [0, 0.05) is 12.1 Å². The fourth-order valence-electron chi connectivity index (χ4n) is 0.930. The molecule has 0 saturated heterocycles. The van der Waals surface area contributed by atoms with Crippen LogP contribution < -0.4 is 5.32 Å². The summed E-state index contributed by atoms with van der Waals surface area (Å²) < 4.78 is 8.05. The highest BCUT2D eigenvalue weighted by molar-refractivity contribution is 6.99. The molecular weight excluding hydrogens is 158 g/mol. The molecule has 0 aliphatic heterocycles. The standard InChI is InChI=1S/C7H11N3S/c1-7(2-3-7)8-4-6-5-9-11-10-6/h5,8H,2-4H2,1H3. The van der Waals surface area contributed by atoms with Gasteiger partial charge in [0.1, 0.15) is 0 Å². The summed E-state index contributed by atoms with van der Waals surface area (Å²) in [6.45, 7) is 3.11. The first-order chi connectivity index (χ1) is 5.29. The Hall–Kier alpha value is -0.480. The van der Waals surface area contributed by atoms with Gasteiger partial charge >= 0.3 is 0 Å². The van der Waals surface area contributed by atoms with Gasteiger partial charge in [0.15, 0.2) is 0 Å². The molecule has 1 aliphatic carbocycles. The Morgan fingerprint density at radius 1 is 1.73 bits per heavy atom. The lowest BCUT2D eigenvalue weighted by atomic mass is 10.3. The second kappa shape index (κ2) is 2.53. The molecule has 0 amide bonds. The van der Waals surface area contributed by atoms with Crippen LogP contribution in [0.2, 0.25) is 0 Å². The van der Waals surface area contributed by atoms with Crippen LogP contribution in [0.5, 0.6) is 0 Å². The highest BCUT2D eigenvalue weighted by Gasteiger charge is 2.36. The SMILES string of the molecule is CC1(NCc2cnsn2)CC1. The third-order valence-electron chi connectivity index (χ3n) is 2.10. The minimum absolute atomic E-state index is 0.406. The predicted molar refractivity (Wildman–Crippen MR) is 44.4 cm³/mol. The van der Waals surface area contributed by atoms with E-state index in [2.05, 4.69) is 21.0 Å². The molecule has 1 fully saturated rings. The largest absolute Gasteiger partial charge is 0.306 e. The molecule has 3 nitrogen and oxygen atoms in total. The second-order valence-electron chi connectivity index (χ2n) is 3.31. The number of nitrogens with one attached hydrogen (secondary N) is 1. The van der Waals surface area contributed by atoms with Gasteiger partial charge in [-0.1, -0.05) is 0 Å². The molecule has 60 valence electrons. The molecule has 1 heterocycles. The minimum atomic E-state index is 0.406. The molecule has 0 atom stereocenters. The predicted octanol–water partition coefficient (Wildman–Crippen LogP) is 1.18. The first-order valence-electron chi connectivity index (χ1n) is 3.80. The normalized spacial score (nSPS) is 20.1. The zero-order chi connectivity index (χ0) is 7.73. The van der Waals surface area contributed by atoms with Crippen molar-refractivity contribution in [3.63, 3.8) is 0 Å². The lowest BCUT2D eigenvalue weighted by Gasteiger charge is -2.08. The van der Waals surface area contributed by atoms with Gasteiger partial charge in [0.05, 0.1) is 23.6 Å². The Morgan fingerprint density at radius 3 is 3.09 bits per heavy atom. The van der Waals surface area contributed by atoms with Crippen molar-refractivity contribution >= 4 is 11.7 Å². The van der Waals surface area contributed by atoms with E-state index < -0.39 is 0 Å². The van der Waals surface area contributed by atoms with Crippen LogP contribution in [0.15, 0.2) is 6.20 Å². The zero-order valence-electron chi connectivity index (χ0n) is 6.50. The van der Waals surface area contributed by atoms with E-state index in [1.54, 1.807) is 0 Å². The van der Waals surface area contributed by atoms with Crippen LogP contribution >= 0.6 is 11.7 Å². The van der Waals surface area contributed by atoms with Crippen LogP contribution in [-0.4, -0.2) is 14.3 Å². The molecule has 0 aromatic carbocycles. The molecule has 1 aromatic rings. The Bertz CT molecular complexity index is 228. The van der Waals surface area contributed by atoms with Crippen LogP contribution in [0.4, 0.5) is 0 Å². The van der Waals surface area contributed by atoms with E-state index in [4.69, 9.17) is 0 Å². The minimum Gasteiger partial charge on any atom is -0.306 e. The summed E-state index contributed by atoms with van der Waals surface area (Å²) >= 11 is 1.27. The number of hydrogen-bond donors (Lipinski definition) is 1. The first-order valence-corrected chi connectivity index (χ1v) is 4.53. The molecule has 0 spiro atoms. The van der Waals surface area contributed by atoms with Crippen LogP contribution in [0.1, 0.15) is 25.5 Å². The monoisotopic (exact) mass is 169 g/mol. The van der Waals surface area contributed by atoms with Crippen molar-refractivity contribution < 1.29 is 0 Å². The Kier molecular flexibility index (Phi) is 1.65. The highest BCUT2D eigenvalue weighted by Crippen LogP contribution is 2.34. The number of hydrogen-bond acceptors (Lipinski definition) is 4. The van der Waals surface area contributed by atoms with Crippen LogP contribution in [0.3, 0.4) is 0 Å². The molecule has 11 heavy (non-hydrogen) atoms. The molecule has 0 radical (unpaired) electrons. The molecular formula is C7H11N3S. The van der Waals surface area contributed by atoms with Gasteiger partial charge < -0.3 is 5.32 Å². The summed E-state index contributed by atoms with van der Waals surface area (Å²) in [4.78, 5) is 0. The van der Waals surface area contributed by atoms with Crippen molar-refractivity contribution in [3.8, 4) is 0 Å². The average molecular weight is 169 g/mol. The van der Waals surface area contributed by atoms with E-state index in [-0.39, 0.29) is 0 Å². The summed E-state index contributed by atoms with van der Waals surface area (Å²) in [5, 5.41) is 3.44. The molecule has 4 heteroatoms. The molecule has 1 aromatic heterocycles. The van der Waals surface area contributed by atoms with Crippen molar-refractivity contribution in [2.75, 3.05) is 0 Å². The van der Waals surface area contributed by atoms with Gasteiger partial charge in [0.2, 0.25) is 0 Å². The third kappa shape index (κ3) is 1.75. The molecule has 0 bridgehead atoms. The van der Waals surface area contributed by atoms with Gasteiger partial charge in [0.25, 0.3) is 0 Å². The molecule has 2 rings (SSSR count).